The highest BCUT2D eigenvalue weighted by Gasteiger charge is 2.14. The lowest BCUT2D eigenvalue weighted by atomic mass is 9.96. The van der Waals surface area contributed by atoms with Gasteiger partial charge in [0, 0.05) is 10.9 Å². The number of fused-ring (bicyclic) bond motifs is 1. The fourth-order valence-corrected chi connectivity index (χ4v) is 1.96. The van der Waals surface area contributed by atoms with Crippen molar-refractivity contribution in [1.29, 1.82) is 0 Å². The normalized spacial score (nSPS) is 22.0. The van der Waals surface area contributed by atoms with Crippen molar-refractivity contribution in [1.82, 2.24) is 5.32 Å². The van der Waals surface area contributed by atoms with E-state index in [1.807, 2.05) is 0 Å². The van der Waals surface area contributed by atoms with E-state index in [1.54, 1.807) is 0 Å². The lowest BCUT2D eigenvalue weighted by molar-refractivity contribution is 0.540. The van der Waals surface area contributed by atoms with E-state index in [4.69, 9.17) is 0 Å². The van der Waals surface area contributed by atoms with Crippen LogP contribution in [0.2, 0.25) is 0 Å². The largest absolute Gasteiger partial charge is 0.310 e. The zero-order chi connectivity index (χ0) is 8.55. The summed E-state index contributed by atoms with van der Waals surface area (Å²) < 4.78 is 0. The average molecular weight is 179 g/mol. The highest BCUT2D eigenvalue weighted by atomic mass is 32.1. The van der Waals surface area contributed by atoms with E-state index in [9.17, 15) is 0 Å². The molecule has 1 nitrogen and oxygen atoms in total. The Labute approximate surface area is 78.6 Å². The average Bonchev–Trinajstić information content (AvgIpc) is 2.07. The lowest BCUT2D eigenvalue weighted by Gasteiger charge is -2.23. The van der Waals surface area contributed by atoms with Gasteiger partial charge in [0.25, 0.3) is 0 Å². The molecule has 2 rings (SSSR count). The van der Waals surface area contributed by atoms with E-state index in [0.717, 1.165) is 17.9 Å². The second-order valence-electron chi connectivity index (χ2n) is 3.31. The predicted octanol–water partition coefficient (Wildman–Crippen LogP) is 2.18. The van der Waals surface area contributed by atoms with Gasteiger partial charge in [-0.25, -0.2) is 0 Å². The molecule has 0 saturated carbocycles. The topological polar surface area (TPSA) is 12.0 Å². The van der Waals surface area contributed by atoms with Gasteiger partial charge < -0.3 is 5.32 Å². The summed E-state index contributed by atoms with van der Waals surface area (Å²) in [6.45, 7) is 3.30. The van der Waals surface area contributed by atoms with Gasteiger partial charge in [-0.2, -0.15) is 0 Å². The maximum Gasteiger partial charge on any atom is 0.0295 e. The molecule has 12 heavy (non-hydrogen) atoms. The first-order chi connectivity index (χ1) is 5.77. The minimum absolute atomic E-state index is 0.487. The number of benzene rings is 1. The number of hydrogen-bond donors (Lipinski definition) is 2. The Morgan fingerprint density at radius 3 is 3.17 bits per heavy atom. The molecule has 1 atom stereocenters. The van der Waals surface area contributed by atoms with Crippen LogP contribution in [-0.2, 0) is 6.42 Å². The van der Waals surface area contributed by atoms with E-state index in [-0.39, 0.29) is 0 Å². The van der Waals surface area contributed by atoms with Crippen molar-refractivity contribution in [3.8, 4) is 0 Å². The Balaban J connectivity index is 2.47. The van der Waals surface area contributed by atoms with Gasteiger partial charge in [0.15, 0.2) is 0 Å². The summed E-state index contributed by atoms with van der Waals surface area (Å²) in [6, 6.07) is 6.91. The van der Waals surface area contributed by atoms with Gasteiger partial charge in [0.1, 0.15) is 0 Å². The predicted molar refractivity (Wildman–Crippen MR) is 53.8 cm³/mol. The lowest BCUT2D eigenvalue weighted by Crippen LogP contribution is -2.27. The van der Waals surface area contributed by atoms with Crippen LogP contribution >= 0.6 is 12.6 Å². The molecule has 0 radical (unpaired) electrons. The zero-order valence-electron chi connectivity index (χ0n) is 7.17. The molecule has 0 aliphatic carbocycles. The van der Waals surface area contributed by atoms with Crippen LogP contribution in [0.5, 0.6) is 0 Å². The molecule has 1 aliphatic heterocycles. The van der Waals surface area contributed by atoms with Crippen LogP contribution in [0.25, 0.3) is 0 Å². The van der Waals surface area contributed by atoms with E-state index in [2.05, 4.69) is 43.1 Å². The van der Waals surface area contributed by atoms with Gasteiger partial charge in [-0.1, -0.05) is 6.07 Å². The Morgan fingerprint density at radius 1 is 1.50 bits per heavy atom. The van der Waals surface area contributed by atoms with Crippen LogP contribution < -0.4 is 5.32 Å². The van der Waals surface area contributed by atoms with E-state index in [1.165, 1.54) is 11.1 Å². The van der Waals surface area contributed by atoms with Crippen molar-refractivity contribution in [2.24, 2.45) is 0 Å². The Hall–Kier alpha value is -0.470. The minimum atomic E-state index is 0.487. The van der Waals surface area contributed by atoms with Crippen LogP contribution in [0.15, 0.2) is 23.1 Å². The van der Waals surface area contributed by atoms with Crippen molar-refractivity contribution in [3.05, 3.63) is 29.3 Å². The van der Waals surface area contributed by atoms with Gasteiger partial charge >= 0.3 is 0 Å². The minimum Gasteiger partial charge on any atom is -0.310 e. The zero-order valence-corrected chi connectivity index (χ0v) is 8.07. The van der Waals surface area contributed by atoms with Crippen molar-refractivity contribution >= 4 is 12.6 Å². The van der Waals surface area contributed by atoms with Gasteiger partial charge in [0.2, 0.25) is 0 Å². The van der Waals surface area contributed by atoms with E-state index < -0.39 is 0 Å². The fourth-order valence-electron chi connectivity index (χ4n) is 1.75. The van der Waals surface area contributed by atoms with E-state index >= 15 is 0 Å². The van der Waals surface area contributed by atoms with Crippen molar-refractivity contribution in [3.63, 3.8) is 0 Å². The third-order valence-electron chi connectivity index (χ3n) is 2.44. The second-order valence-corrected chi connectivity index (χ2v) is 3.83. The summed E-state index contributed by atoms with van der Waals surface area (Å²) in [5.74, 6) is 0. The first-order valence-electron chi connectivity index (χ1n) is 4.32. The van der Waals surface area contributed by atoms with Crippen LogP contribution in [0.3, 0.4) is 0 Å². The molecular weight excluding hydrogens is 166 g/mol. The molecule has 1 unspecified atom stereocenters. The highest BCUT2D eigenvalue weighted by Crippen LogP contribution is 2.24. The first-order valence-corrected chi connectivity index (χ1v) is 4.77. The maximum atomic E-state index is 4.33. The van der Waals surface area contributed by atoms with E-state index in [0.29, 0.717) is 6.04 Å². The molecule has 0 bridgehead atoms. The van der Waals surface area contributed by atoms with Gasteiger partial charge in [-0.15, -0.1) is 12.6 Å². The number of hydrogen-bond acceptors (Lipinski definition) is 2. The smallest absolute Gasteiger partial charge is 0.0295 e. The highest BCUT2D eigenvalue weighted by molar-refractivity contribution is 7.80. The van der Waals surface area contributed by atoms with Gasteiger partial charge in [-0.3, -0.25) is 0 Å². The molecule has 0 fully saturated rings. The Bertz CT molecular complexity index is 296. The molecule has 1 aliphatic rings. The molecule has 64 valence electrons. The molecule has 1 aromatic carbocycles. The molecule has 0 amide bonds. The van der Waals surface area contributed by atoms with Crippen molar-refractivity contribution < 1.29 is 0 Å². The fraction of sp³-hybridized carbons (Fsp3) is 0.400. The monoisotopic (exact) mass is 179 g/mol. The number of nitrogens with one attached hydrogen (secondary N) is 1. The summed E-state index contributed by atoms with van der Waals surface area (Å²) in [7, 11) is 0. The quantitative estimate of drug-likeness (QED) is 0.582. The molecular formula is C10H13NS. The molecule has 1 N–H and O–H groups in total. The summed E-state index contributed by atoms with van der Waals surface area (Å²) in [5, 5.41) is 3.43. The molecule has 2 heteroatoms. The SMILES string of the molecule is CC1NCCc2ccc(S)cc21. The van der Waals surface area contributed by atoms with Crippen molar-refractivity contribution in [2.75, 3.05) is 6.54 Å². The third-order valence-corrected chi connectivity index (χ3v) is 2.72. The molecule has 0 spiro atoms. The Morgan fingerprint density at radius 2 is 2.33 bits per heavy atom. The molecule has 0 saturated heterocycles. The molecule has 0 aromatic heterocycles. The summed E-state index contributed by atoms with van der Waals surface area (Å²) in [4.78, 5) is 1.06. The number of rotatable bonds is 0. The van der Waals surface area contributed by atoms with Crippen LogP contribution in [0, 0.1) is 0 Å². The molecule has 1 aromatic rings. The summed E-state index contributed by atoms with van der Waals surface area (Å²) in [6.07, 6.45) is 1.15. The van der Waals surface area contributed by atoms with Gasteiger partial charge in [0.05, 0.1) is 0 Å². The summed E-state index contributed by atoms with van der Waals surface area (Å²) in [5.41, 5.74) is 2.88. The van der Waals surface area contributed by atoms with Crippen molar-refractivity contribution in [2.45, 2.75) is 24.3 Å². The standard InChI is InChI=1S/C10H13NS/c1-7-10-6-9(12)3-2-8(10)4-5-11-7/h2-3,6-7,11-12H,4-5H2,1H3. The van der Waals surface area contributed by atoms with Crippen LogP contribution in [-0.4, -0.2) is 6.54 Å². The van der Waals surface area contributed by atoms with Gasteiger partial charge in [-0.05, 0) is 43.1 Å². The van der Waals surface area contributed by atoms with Crippen LogP contribution in [0.1, 0.15) is 24.1 Å². The van der Waals surface area contributed by atoms with Crippen LogP contribution in [0.4, 0.5) is 0 Å². The second kappa shape index (κ2) is 3.11. The third kappa shape index (κ3) is 1.37. The maximum absolute atomic E-state index is 4.33. The first kappa shape index (κ1) is 8.14. The summed E-state index contributed by atoms with van der Waals surface area (Å²) >= 11 is 4.33. The Kier molecular flexibility index (Phi) is 2.11. The number of thiol groups is 1. The molecule has 1 heterocycles.